The summed E-state index contributed by atoms with van der Waals surface area (Å²) in [6, 6.07) is 0. The lowest BCUT2D eigenvalue weighted by Gasteiger charge is -2.02. The third-order valence-corrected chi connectivity index (χ3v) is 2.84. The molecule has 2 rings (SSSR count). The van der Waals surface area contributed by atoms with E-state index in [-0.39, 0.29) is 0 Å². The molecular weight excluding hydrogens is 192 g/mol. The molecule has 1 saturated carbocycles. The number of aliphatic carboxylic acids is 1. The van der Waals surface area contributed by atoms with Crippen molar-refractivity contribution in [3.05, 3.63) is 12.2 Å². The summed E-state index contributed by atoms with van der Waals surface area (Å²) in [5, 5.41) is 7.42. The predicted molar refractivity (Wildman–Crippen MR) is 58.8 cm³/mol. The van der Waals surface area contributed by atoms with E-state index in [0.717, 1.165) is 19.8 Å². The van der Waals surface area contributed by atoms with Crippen LogP contribution in [0.15, 0.2) is 12.2 Å². The highest BCUT2D eigenvalue weighted by atomic mass is 16.6. The Morgan fingerprint density at radius 2 is 2.27 bits per heavy atom. The molecule has 3 heteroatoms. The molecule has 2 fully saturated rings. The number of epoxide rings is 1. The Hall–Kier alpha value is -0.830. The summed E-state index contributed by atoms with van der Waals surface area (Å²) in [5.74, 6) is -0.833. The van der Waals surface area contributed by atoms with Gasteiger partial charge in [0.1, 0.15) is 0 Å². The summed E-state index contributed by atoms with van der Waals surface area (Å²) in [6.07, 6.45) is 11.4. The van der Waals surface area contributed by atoms with Crippen LogP contribution in [0.25, 0.3) is 0 Å². The van der Waals surface area contributed by atoms with Gasteiger partial charge in [0, 0.05) is 6.92 Å². The van der Waals surface area contributed by atoms with Gasteiger partial charge in [-0.1, -0.05) is 19.1 Å². The second-order valence-electron chi connectivity index (χ2n) is 4.17. The quantitative estimate of drug-likeness (QED) is 0.578. The second-order valence-corrected chi connectivity index (χ2v) is 4.17. The first kappa shape index (κ1) is 12.2. The summed E-state index contributed by atoms with van der Waals surface area (Å²) in [5.41, 5.74) is 0.325. The SMILES string of the molecule is CC(=O)O.CCC=CC[C@@]12CCC[C@H]1O2. The van der Waals surface area contributed by atoms with E-state index in [9.17, 15) is 0 Å². The molecule has 15 heavy (non-hydrogen) atoms. The first-order valence-electron chi connectivity index (χ1n) is 5.63. The van der Waals surface area contributed by atoms with Crippen LogP contribution in [0.4, 0.5) is 0 Å². The molecule has 0 amide bonds. The minimum Gasteiger partial charge on any atom is -0.481 e. The molecular formula is C12H20O3. The minimum atomic E-state index is -0.833. The van der Waals surface area contributed by atoms with E-state index in [2.05, 4.69) is 19.1 Å². The van der Waals surface area contributed by atoms with Crippen LogP contribution < -0.4 is 0 Å². The van der Waals surface area contributed by atoms with Crippen molar-refractivity contribution in [1.29, 1.82) is 0 Å². The lowest BCUT2D eigenvalue weighted by Crippen LogP contribution is -2.06. The van der Waals surface area contributed by atoms with Gasteiger partial charge in [0.2, 0.25) is 0 Å². The van der Waals surface area contributed by atoms with Crippen molar-refractivity contribution in [2.24, 2.45) is 0 Å². The molecule has 1 aliphatic heterocycles. The summed E-state index contributed by atoms with van der Waals surface area (Å²) in [4.78, 5) is 9.00. The van der Waals surface area contributed by atoms with Crippen LogP contribution in [-0.2, 0) is 9.53 Å². The van der Waals surface area contributed by atoms with Crippen LogP contribution in [0.3, 0.4) is 0 Å². The fourth-order valence-electron chi connectivity index (χ4n) is 2.11. The molecule has 1 aliphatic carbocycles. The van der Waals surface area contributed by atoms with Crippen molar-refractivity contribution in [2.75, 3.05) is 0 Å². The molecule has 0 bridgehead atoms. The van der Waals surface area contributed by atoms with Gasteiger partial charge < -0.3 is 9.84 Å². The van der Waals surface area contributed by atoms with Gasteiger partial charge in [-0.2, -0.15) is 0 Å². The number of carbonyl (C=O) groups is 1. The Bertz CT molecular complexity index is 243. The normalized spacial score (nSPS) is 32.0. The van der Waals surface area contributed by atoms with Crippen molar-refractivity contribution in [1.82, 2.24) is 0 Å². The Balaban J connectivity index is 0.000000245. The van der Waals surface area contributed by atoms with Crippen LogP contribution in [0.1, 0.15) is 46.0 Å². The number of ether oxygens (including phenoxy) is 1. The molecule has 0 spiro atoms. The molecule has 3 nitrogen and oxygen atoms in total. The zero-order valence-electron chi connectivity index (χ0n) is 9.53. The predicted octanol–water partition coefficient (Wildman–Crippen LogP) is 2.76. The van der Waals surface area contributed by atoms with E-state index < -0.39 is 5.97 Å². The minimum absolute atomic E-state index is 0.325. The number of hydrogen-bond donors (Lipinski definition) is 1. The van der Waals surface area contributed by atoms with Crippen LogP contribution in [-0.4, -0.2) is 22.8 Å². The second kappa shape index (κ2) is 5.31. The van der Waals surface area contributed by atoms with Gasteiger partial charge in [-0.05, 0) is 32.1 Å². The smallest absolute Gasteiger partial charge is 0.300 e. The summed E-state index contributed by atoms with van der Waals surface area (Å²) in [6.45, 7) is 3.26. The van der Waals surface area contributed by atoms with Crippen molar-refractivity contribution >= 4 is 5.97 Å². The first-order chi connectivity index (χ1) is 7.10. The summed E-state index contributed by atoms with van der Waals surface area (Å²) in [7, 11) is 0. The zero-order valence-corrected chi connectivity index (χ0v) is 9.53. The fraction of sp³-hybridized carbons (Fsp3) is 0.750. The highest BCUT2D eigenvalue weighted by molar-refractivity contribution is 5.62. The summed E-state index contributed by atoms with van der Waals surface area (Å²) >= 11 is 0. The monoisotopic (exact) mass is 212 g/mol. The number of allylic oxidation sites excluding steroid dienone is 1. The van der Waals surface area contributed by atoms with E-state index in [0.29, 0.717) is 11.7 Å². The zero-order chi connectivity index (χ0) is 11.3. The van der Waals surface area contributed by atoms with Crippen molar-refractivity contribution < 1.29 is 14.6 Å². The first-order valence-corrected chi connectivity index (χ1v) is 5.63. The molecule has 0 aromatic rings. The summed E-state index contributed by atoms with van der Waals surface area (Å²) < 4.78 is 5.64. The number of fused-ring (bicyclic) bond motifs is 1. The lowest BCUT2D eigenvalue weighted by atomic mass is 10.0. The van der Waals surface area contributed by atoms with E-state index in [1.807, 2.05) is 0 Å². The van der Waals surface area contributed by atoms with Crippen molar-refractivity contribution in [3.8, 4) is 0 Å². The van der Waals surface area contributed by atoms with Gasteiger partial charge in [-0.25, -0.2) is 0 Å². The van der Waals surface area contributed by atoms with Crippen molar-refractivity contribution in [2.45, 2.75) is 57.7 Å². The highest BCUT2D eigenvalue weighted by Gasteiger charge is 2.57. The highest BCUT2D eigenvalue weighted by Crippen LogP contribution is 2.52. The molecule has 0 unspecified atom stereocenters. The number of rotatable bonds is 3. The maximum atomic E-state index is 9.00. The van der Waals surface area contributed by atoms with Gasteiger partial charge in [-0.3, -0.25) is 4.79 Å². The fourth-order valence-corrected chi connectivity index (χ4v) is 2.11. The van der Waals surface area contributed by atoms with Crippen LogP contribution in [0.2, 0.25) is 0 Å². The van der Waals surface area contributed by atoms with E-state index in [1.54, 1.807) is 0 Å². The van der Waals surface area contributed by atoms with Crippen LogP contribution in [0, 0.1) is 0 Å². The standard InChI is InChI=1S/C10H16O.C2H4O2/c1-2-3-4-7-10-8-5-6-9(10)11-10;1-2(3)4/h3-4,9H,2,5-8H2,1H3;1H3,(H,3,4)/t9-,10-;/m1./s1. The Morgan fingerprint density at radius 1 is 1.60 bits per heavy atom. The molecule has 0 aromatic heterocycles. The molecule has 2 atom stereocenters. The Kier molecular flexibility index (Phi) is 4.33. The van der Waals surface area contributed by atoms with Crippen molar-refractivity contribution in [3.63, 3.8) is 0 Å². The molecule has 0 aromatic carbocycles. The Labute approximate surface area is 91.1 Å². The van der Waals surface area contributed by atoms with E-state index in [4.69, 9.17) is 14.6 Å². The van der Waals surface area contributed by atoms with Crippen LogP contribution in [0.5, 0.6) is 0 Å². The average molecular weight is 212 g/mol. The Morgan fingerprint density at radius 3 is 2.67 bits per heavy atom. The topological polar surface area (TPSA) is 49.8 Å². The largest absolute Gasteiger partial charge is 0.481 e. The van der Waals surface area contributed by atoms with Gasteiger partial charge in [0.15, 0.2) is 0 Å². The molecule has 1 N–H and O–H groups in total. The van der Waals surface area contributed by atoms with Gasteiger partial charge >= 0.3 is 0 Å². The number of carboxylic acids is 1. The molecule has 1 heterocycles. The lowest BCUT2D eigenvalue weighted by molar-refractivity contribution is -0.134. The third kappa shape index (κ3) is 3.67. The van der Waals surface area contributed by atoms with Gasteiger partial charge in [0.05, 0.1) is 11.7 Å². The average Bonchev–Trinajstić information content (AvgIpc) is 2.68. The maximum absolute atomic E-state index is 9.00. The maximum Gasteiger partial charge on any atom is 0.300 e. The van der Waals surface area contributed by atoms with E-state index in [1.165, 1.54) is 19.3 Å². The van der Waals surface area contributed by atoms with E-state index >= 15 is 0 Å². The molecule has 86 valence electrons. The third-order valence-electron chi connectivity index (χ3n) is 2.84. The molecule has 2 aliphatic rings. The van der Waals surface area contributed by atoms with Gasteiger partial charge in [-0.15, -0.1) is 0 Å². The number of hydrogen-bond acceptors (Lipinski definition) is 2. The van der Waals surface area contributed by atoms with Crippen LogP contribution >= 0.6 is 0 Å². The molecule has 0 radical (unpaired) electrons. The molecule has 1 saturated heterocycles. The van der Waals surface area contributed by atoms with Gasteiger partial charge in [0.25, 0.3) is 5.97 Å². The number of carboxylic acid groups (broad SMARTS) is 1.